The third-order valence-electron chi connectivity index (χ3n) is 2.42. The van der Waals surface area contributed by atoms with E-state index < -0.39 is 0 Å². The number of para-hydroxylation sites is 1. The van der Waals surface area contributed by atoms with Crippen LogP contribution < -0.4 is 4.90 Å². The van der Waals surface area contributed by atoms with Crippen molar-refractivity contribution in [3.8, 4) is 0 Å². The van der Waals surface area contributed by atoms with E-state index in [0.29, 0.717) is 10.7 Å². The van der Waals surface area contributed by atoms with Gasteiger partial charge < -0.3 is 4.90 Å². The number of hydrogen-bond acceptors (Lipinski definition) is 2. The number of aromatic nitrogens is 1. The number of hydrogen-bond donors (Lipinski definition) is 0. The van der Waals surface area contributed by atoms with Gasteiger partial charge in [-0.05, 0) is 24.3 Å². The van der Waals surface area contributed by atoms with Gasteiger partial charge in [0, 0.05) is 24.5 Å². The van der Waals surface area contributed by atoms with Gasteiger partial charge in [0.25, 0.3) is 5.91 Å². The van der Waals surface area contributed by atoms with E-state index in [2.05, 4.69) is 4.98 Å². The van der Waals surface area contributed by atoms with Crippen molar-refractivity contribution in [3.63, 3.8) is 0 Å². The molecule has 0 aliphatic rings. The lowest BCUT2D eigenvalue weighted by Crippen LogP contribution is -2.26. The summed E-state index contributed by atoms with van der Waals surface area (Å²) in [5.41, 5.74) is 1.36. The summed E-state index contributed by atoms with van der Waals surface area (Å²) in [4.78, 5) is 17.6. The van der Waals surface area contributed by atoms with Crippen LogP contribution in [-0.2, 0) is 0 Å². The number of benzene rings is 1. The van der Waals surface area contributed by atoms with Crippen molar-refractivity contribution in [2.24, 2.45) is 0 Å². The van der Waals surface area contributed by atoms with Crippen LogP contribution in [0.1, 0.15) is 10.4 Å². The molecule has 17 heavy (non-hydrogen) atoms. The van der Waals surface area contributed by atoms with Crippen LogP contribution in [0.15, 0.2) is 48.7 Å². The number of halogens is 1. The molecule has 0 N–H and O–H groups in total. The van der Waals surface area contributed by atoms with Gasteiger partial charge in [0.15, 0.2) is 0 Å². The molecule has 86 valence electrons. The number of pyridine rings is 1. The number of carbonyl (C=O) groups excluding carboxylic acids is 1. The third kappa shape index (κ3) is 2.63. The minimum Gasteiger partial charge on any atom is -0.311 e. The maximum atomic E-state index is 12.1. The molecular formula is C13H11ClN2O. The zero-order valence-electron chi connectivity index (χ0n) is 9.30. The normalized spacial score (nSPS) is 10.0. The first-order chi connectivity index (χ1) is 8.18. The Kier molecular flexibility index (Phi) is 3.40. The van der Waals surface area contributed by atoms with E-state index in [9.17, 15) is 4.79 Å². The first-order valence-corrected chi connectivity index (χ1v) is 5.51. The zero-order chi connectivity index (χ0) is 12.3. The Morgan fingerprint density at radius 2 is 1.94 bits per heavy atom. The van der Waals surface area contributed by atoms with Gasteiger partial charge in [-0.3, -0.25) is 4.79 Å². The molecular weight excluding hydrogens is 236 g/mol. The standard InChI is InChI=1S/C13H11ClN2O/c1-16(11-5-3-2-4-6-11)13(17)10-7-8-15-12(14)9-10/h2-9H,1H3. The Hall–Kier alpha value is -1.87. The molecule has 0 spiro atoms. The summed E-state index contributed by atoms with van der Waals surface area (Å²) in [7, 11) is 1.73. The minimum atomic E-state index is -0.111. The van der Waals surface area contributed by atoms with Gasteiger partial charge in [-0.25, -0.2) is 4.98 Å². The van der Waals surface area contributed by atoms with Crippen molar-refractivity contribution in [1.82, 2.24) is 4.98 Å². The first kappa shape index (κ1) is 11.6. The highest BCUT2D eigenvalue weighted by Gasteiger charge is 2.13. The van der Waals surface area contributed by atoms with Gasteiger partial charge in [-0.15, -0.1) is 0 Å². The minimum absolute atomic E-state index is 0.111. The van der Waals surface area contributed by atoms with Gasteiger partial charge in [0.1, 0.15) is 5.15 Å². The van der Waals surface area contributed by atoms with Crippen molar-refractivity contribution in [2.45, 2.75) is 0 Å². The lowest BCUT2D eigenvalue weighted by atomic mass is 10.2. The van der Waals surface area contributed by atoms with Gasteiger partial charge in [-0.2, -0.15) is 0 Å². The molecule has 0 aliphatic carbocycles. The second-order valence-electron chi connectivity index (χ2n) is 3.57. The van der Waals surface area contributed by atoms with Crippen molar-refractivity contribution in [3.05, 3.63) is 59.4 Å². The maximum absolute atomic E-state index is 12.1. The van der Waals surface area contributed by atoms with E-state index in [1.807, 2.05) is 30.3 Å². The molecule has 0 bridgehead atoms. The van der Waals surface area contributed by atoms with Crippen molar-refractivity contribution < 1.29 is 4.79 Å². The van der Waals surface area contributed by atoms with E-state index in [1.54, 1.807) is 24.1 Å². The van der Waals surface area contributed by atoms with Crippen LogP contribution in [0.4, 0.5) is 5.69 Å². The largest absolute Gasteiger partial charge is 0.311 e. The summed E-state index contributed by atoms with van der Waals surface area (Å²) >= 11 is 5.76. The van der Waals surface area contributed by atoms with Gasteiger partial charge in [-0.1, -0.05) is 29.8 Å². The lowest BCUT2D eigenvalue weighted by Gasteiger charge is -2.17. The van der Waals surface area contributed by atoms with Crippen molar-refractivity contribution in [1.29, 1.82) is 0 Å². The molecule has 2 aromatic rings. The zero-order valence-corrected chi connectivity index (χ0v) is 10.1. The van der Waals surface area contributed by atoms with Gasteiger partial charge in [0.05, 0.1) is 0 Å². The Morgan fingerprint density at radius 3 is 2.59 bits per heavy atom. The molecule has 1 aromatic carbocycles. The lowest BCUT2D eigenvalue weighted by molar-refractivity contribution is 0.0993. The number of anilines is 1. The summed E-state index contributed by atoms with van der Waals surface area (Å²) in [6, 6.07) is 12.6. The van der Waals surface area contributed by atoms with Gasteiger partial charge in [0.2, 0.25) is 0 Å². The van der Waals surface area contributed by atoms with Crippen LogP contribution in [0.5, 0.6) is 0 Å². The molecule has 0 aliphatic heterocycles. The fraction of sp³-hybridized carbons (Fsp3) is 0.0769. The van der Waals surface area contributed by atoms with Crippen molar-refractivity contribution >= 4 is 23.2 Å². The molecule has 1 heterocycles. The van der Waals surface area contributed by atoms with Crippen LogP contribution in [0.3, 0.4) is 0 Å². The average molecular weight is 247 g/mol. The van der Waals surface area contributed by atoms with E-state index >= 15 is 0 Å². The highest BCUT2D eigenvalue weighted by atomic mass is 35.5. The summed E-state index contributed by atoms with van der Waals surface area (Å²) in [5, 5.41) is 0.317. The molecule has 1 aromatic heterocycles. The summed E-state index contributed by atoms with van der Waals surface area (Å²) in [6.07, 6.45) is 1.52. The molecule has 0 atom stereocenters. The SMILES string of the molecule is CN(C(=O)c1ccnc(Cl)c1)c1ccccc1. The molecule has 4 heteroatoms. The van der Waals surface area contributed by atoms with Gasteiger partial charge >= 0.3 is 0 Å². The molecule has 2 rings (SSSR count). The quantitative estimate of drug-likeness (QED) is 0.764. The highest BCUT2D eigenvalue weighted by Crippen LogP contribution is 2.15. The first-order valence-electron chi connectivity index (χ1n) is 5.13. The Balaban J connectivity index is 2.27. The molecule has 0 unspecified atom stereocenters. The Morgan fingerprint density at radius 1 is 1.24 bits per heavy atom. The third-order valence-corrected chi connectivity index (χ3v) is 2.63. The highest BCUT2D eigenvalue weighted by molar-refractivity contribution is 6.29. The average Bonchev–Trinajstić information content (AvgIpc) is 2.38. The monoisotopic (exact) mass is 246 g/mol. The van der Waals surface area contributed by atoms with Crippen LogP contribution >= 0.6 is 11.6 Å². The van der Waals surface area contributed by atoms with E-state index in [-0.39, 0.29) is 5.91 Å². The van der Waals surface area contributed by atoms with Crippen LogP contribution in [0.25, 0.3) is 0 Å². The molecule has 1 amide bonds. The molecule has 3 nitrogen and oxygen atoms in total. The molecule has 0 saturated heterocycles. The summed E-state index contributed by atoms with van der Waals surface area (Å²) < 4.78 is 0. The van der Waals surface area contributed by atoms with Crippen LogP contribution in [-0.4, -0.2) is 17.9 Å². The fourth-order valence-electron chi connectivity index (χ4n) is 1.50. The summed E-state index contributed by atoms with van der Waals surface area (Å²) in [5.74, 6) is -0.111. The number of nitrogens with zero attached hydrogens (tertiary/aromatic N) is 2. The molecule has 0 fully saturated rings. The van der Waals surface area contributed by atoms with Crippen molar-refractivity contribution in [2.75, 3.05) is 11.9 Å². The number of rotatable bonds is 2. The number of carbonyl (C=O) groups is 1. The van der Waals surface area contributed by atoms with E-state index in [0.717, 1.165) is 5.69 Å². The topological polar surface area (TPSA) is 33.2 Å². The Labute approximate surface area is 105 Å². The smallest absolute Gasteiger partial charge is 0.258 e. The van der Waals surface area contributed by atoms with Crippen LogP contribution in [0.2, 0.25) is 5.15 Å². The van der Waals surface area contributed by atoms with E-state index in [4.69, 9.17) is 11.6 Å². The molecule has 0 radical (unpaired) electrons. The predicted molar refractivity (Wildman–Crippen MR) is 68.4 cm³/mol. The van der Waals surface area contributed by atoms with Crippen LogP contribution in [0, 0.1) is 0 Å². The molecule has 0 saturated carbocycles. The maximum Gasteiger partial charge on any atom is 0.258 e. The second-order valence-corrected chi connectivity index (χ2v) is 3.95. The second kappa shape index (κ2) is 4.97. The summed E-state index contributed by atoms with van der Waals surface area (Å²) in [6.45, 7) is 0. The number of amides is 1. The van der Waals surface area contributed by atoms with E-state index in [1.165, 1.54) is 6.20 Å². The fourth-order valence-corrected chi connectivity index (χ4v) is 1.67. The Bertz CT molecular complexity index is 528. The predicted octanol–water partition coefficient (Wildman–Crippen LogP) is 3.01.